The van der Waals surface area contributed by atoms with Crippen molar-refractivity contribution in [2.24, 2.45) is 0 Å². The lowest BCUT2D eigenvalue weighted by atomic mass is 10.4. The van der Waals surface area contributed by atoms with Crippen molar-refractivity contribution in [1.82, 2.24) is 15.6 Å². The molecule has 5 nitrogen and oxygen atoms in total. The fraction of sp³-hybridized carbons (Fsp3) is 0.400. The van der Waals surface area contributed by atoms with E-state index in [4.69, 9.17) is 23.2 Å². The van der Waals surface area contributed by atoms with Crippen LogP contribution in [0.2, 0.25) is 10.0 Å². The number of hydrogen-bond acceptors (Lipinski definition) is 3. The molecule has 3 N–H and O–H groups in total. The Kier molecular flexibility index (Phi) is 6.58. The molecule has 0 fully saturated rings. The zero-order valence-corrected chi connectivity index (χ0v) is 11.2. The van der Waals surface area contributed by atoms with Crippen LogP contribution >= 0.6 is 23.2 Å². The normalized spacial score (nSPS) is 10.4. The van der Waals surface area contributed by atoms with E-state index in [0.29, 0.717) is 22.4 Å². The zero-order chi connectivity index (χ0) is 14.3. The van der Waals surface area contributed by atoms with Gasteiger partial charge in [-0.2, -0.15) is 0 Å². The largest absolute Gasteiger partial charge is 0.367 e. The van der Waals surface area contributed by atoms with Crippen LogP contribution in [0.25, 0.3) is 0 Å². The Labute approximate surface area is 118 Å². The molecule has 0 radical (unpaired) electrons. The van der Waals surface area contributed by atoms with Gasteiger partial charge in [0.15, 0.2) is 0 Å². The first-order chi connectivity index (χ1) is 8.99. The highest BCUT2D eigenvalue weighted by Crippen LogP contribution is 2.21. The number of aromatic nitrogens is 1. The van der Waals surface area contributed by atoms with Crippen molar-refractivity contribution < 1.29 is 13.6 Å². The third-order valence-corrected chi connectivity index (χ3v) is 2.42. The van der Waals surface area contributed by atoms with Gasteiger partial charge in [0, 0.05) is 19.3 Å². The molecule has 1 rings (SSSR count). The van der Waals surface area contributed by atoms with Crippen LogP contribution in [0.5, 0.6) is 0 Å². The third kappa shape index (κ3) is 6.40. The monoisotopic (exact) mass is 312 g/mol. The van der Waals surface area contributed by atoms with Gasteiger partial charge in [-0.05, 0) is 6.07 Å². The Bertz CT molecular complexity index is 434. The Morgan fingerprint density at radius 3 is 2.68 bits per heavy atom. The highest BCUT2D eigenvalue weighted by atomic mass is 35.5. The van der Waals surface area contributed by atoms with Crippen molar-refractivity contribution in [3.8, 4) is 0 Å². The highest BCUT2D eigenvalue weighted by Gasteiger charge is 2.05. The number of carbonyl (C=O) groups excluding carboxylic acids is 1. The van der Waals surface area contributed by atoms with Gasteiger partial charge in [-0.1, -0.05) is 23.2 Å². The Hall–Kier alpha value is -1.34. The van der Waals surface area contributed by atoms with Crippen LogP contribution in [0.1, 0.15) is 0 Å². The maximum Gasteiger partial charge on any atom is 0.315 e. The van der Waals surface area contributed by atoms with E-state index < -0.39 is 19.0 Å². The minimum atomic E-state index is -2.57. The number of pyridine rings is 1. The van der Waals surface area contributed by atoms with Crippen LogP contribution in [0, 0.1) is 0 Å². The second-order valence-electron chi connectivity index (χ2n) is 3.44. The van der Waals surface area contributed by atoms with Crippen LogP contribution in [0.15, 0.2) is 12.3 Å². The molecule has 0 aromatic carbocycles. The molecule has 0 bridgehead atoms. The van der Waals surface area contributed by atoms with E-state index in [0.717, 1.165) is 0 Å². The second-order valence-corrected chi connectivity index (χ2v) is 4.28. The number of carbonyl (C=O) groups is 1. The number of nitrogens with zero attached hydrogens (tertiary/aromatic N) is 1. The summed E-state index contributed by atoms with van der Waals surface area (Å²) in [6.45, 7) is -0.101. The molecule has 1 heterocycles. The quantitative estimate of drug-likeness (QED) is 0.706. The van der Waals surface area contributed by atoms with Crippen LogP contribution in [-0.4, -0.2) is 37.1 Å². The van der Waals surface area contributed by atoms with Crippen molar-refractivity contribution in [3.63, 3.8) is 0 Å². The average molecular weight is 313 g/mol. The summed E-state index contributed by atoms with van der Waals surface area (Å²) in [6, 6.07) is 0.874. The van der Waals surface area contributed by atoms with Crippen LogP contribution in [0.3, 0.4) is 0 Å². The number of amides is 2. The second kappa shape index (κ2) is 7.96. The van der Waals surface area contributed by atoms with E-state index in [2.05, 4.69) is 15.6 Å². The van der Waals surface area contributed by atoms with E-state index in [1.807, 2.05) is 5.32 Å². The van der Waals surface area contributed by atoms with Crippen molar-refractivity contribution in [2.75, 3.05) is 25.0 Å². The van der Waals surface area contributed by atoms with Gasteiger partial charge >= 0.3 is 6.03 Å². The Morgan fingerprint density at radius 1 is 1.32 bits per heavy atom. The number of anilines is 1. The molecule has 1 aromatic rings. The van der Waals surface area contributed by atoms with E-state index >= 15 is 0 Å². The molecule has 19 heavy (non-hydrogen) atoms. The van der Waals surface area contributed by atoms with Gasteiger partial charge in [0.1, 0.15) is 5.82 Å². The van der Waals surface area contributed by atoms with Crippen molar-refractivity contribution in [3.05, 3.63) is 22.3 Å². The fourth-order valence-electron chi connectivity index (χ4n) is 1.13. The lowest BCUT2D eigenvalue weighted by Gasteiger charge is -2.09. The molecular weight excluding hydrogens is 301 g/mol. The standard InChI is InChI=1S/C10H12Cl2F2N4O/c11-6-3-7(12)9(17-4-6)15-1-2-16-10(19)18-5-8(13)14/h3-4,8H,1-2,5H2,(H,15,17)(H2,16,18,19). The fourth-order valence-corrected chi connectivity index (χ4v) is 1.58. The molecule has 9 heteroatoms. The minimum absolute atomic E-state index is 0.232. The number of urea groups is 1. The average Bonchev–Trinajstić information content (AvgIpc) is 2.34. The van der Waals surface area contributed by atoms with Crippen molar-refractivity contribution in [2.45, 2.75) is 6.43 Å². The molecule has 0 saturated heterocycles. The van der Waals surface area contributed by atoms with Gasteiger partial charge in [0.25, 0.3) is 6.43 Å². The smallest absolute Gasteiger partial charge is 0.315 e. The Morgan fingerprint density at radius 2 is 2.05 bits per heavy atom. The number of nitrogens with one attached hydrogen (secondary N) is 3. The molecule has 0 atom stereocenters. The van der Waals surface area contributed by atoms with Gasteiger partial charge in [-0.25, -0.2) is 18.6 Å². The first-order valence-electron chi connectivity index (χ1n) is 5.34. The van der Waals surface area contributed by atoms with Gasteiger partial charge in [0.05, 0.1) is 16.6 Å². The molecule has 106 valence electrons. The summed E-state index contributed by atoms with van der Waals surface area (Å²) in [5.74, 6) is 0.431. The van der Waals surface area contributed by atoms with Gasteiger partial charge < -0.3 is 16.0 Å². The number of rotatable bonds is 6. The molecule has 0 aliphatic heterocycles. The lowest BCUT2D eigenvalue weighted by Crippen LogP contribution is -2.40. The molecule has 2 amide bonds. The SMILES string of the molecule is O=C(NCCNc1ncc(Cl)cc1Cl)NCC(F)F. The number of alkyl halides is 2. The number of hydrogen-bond donors (Lipinski definition) is 3. The molecule has 0 spiro atoms. The maximum atomic E-state index is 11.8. The van der Waals surface area contributed by atoms with E-state index in [9.17, 15) is 13.6 Å². The van der Waals surface area contributed by atoms with Crippen molar-refractivity contribution in [1.29, 1.82) is 0 Å². The molecular formula is C10H12Cl2F2N4O. The molecule has 1 aromatic heterocycles. The predicted molar refractivity (Wildman–Crippen MR) is 70.2 cm³/mol. The van der Waals surface area contributed by atoms with Crippen molar-refractivity contribution >= 4 is 35.1 Å². The zero-order valence-electron chi connectivity index (χ0n) is 9.72. The summed E-state index contributed by atoms with van der Waals surface area (Å²) >= 11 is 11.5. The molecule has 0 aliphatic rings. The van der Waals surface area contributed by atoms with E-state index in [1.54, 1.807) is 0 Å². The van der Waals surface area contributed by atoms with Crippen LogP contribution in [-0.2, 0) is 0 Å². The number of halogens is 4. The molecule has 0 unspecified atom stereocenters. The van der Waals surface area contributed by atoms with E-state index in [1.165, 1.54) is 12.3 Å². The van der Waals surface area contributed by atoms with Crippen LogP contribution in [0.4, 0.5) is 19.4 Å². The summed E-state index contributed by atoms with van der Waals surface area (Å²) in [7, 11) is 0. The van der Waals surface area contributed by atoms with Gasteiger partial charge in [-0.3, -0.25) is 0 Å². The summed E-state index contributed by atoms with van der Waals surface area (Å²) in [6.07, 6.45) is -1.14. The molecule has 0 saturated carbocycles. The van der Waals surface area contributed by atoms with E-state index in [-0.39, 0.29) is 6.54 Å². The first kappa shape index (κ1) is 15.7. The highest BCUT2D eigenvalue weighted by molar-refractivity contribution is 6.35. The van der Waals surface area contributed by atoms with Crippen LogP contribution < -0.4 is 16.0 Å². The topological polar surface area (TPSA) is 66.0 Å². The molecule has 0 aliphatic carbocycles. The predicted octanol–water partition coefficient (Wildman–Crippen LogP) is 2.36. The van der Waals surface area contributed by atoms with Gasteiger partial charge in [0.2, 0.25) is 0 Å². The summed E-state index contributed by atoms with van der Waals surface area (Å²) in [5, 5.41) is 8.05. The third-order valence-electron chi connectivity index (χ3n) is 1.93. The van der Waals surface area contributed by atoms with Gasteiger partial charge in [-0.15, -0.1) is 0 Å². The first-order valence-corrected chi connectivity index (χ1v) is 6.09. The summed E-state index contributed by atoms with van der Waals surface area (Å²) < 4.78 is 23.6. The lowest BCUT2D eigenvalue weighted by molar-refractivity contribution is 0.146. The maximum absolute atomic E-state index is 11.8. The minimum Gasteiger partial charge on any atom is -0.367 e. The summed E-state index contributed by atoms with van der Waals surface area (Å²) in [4.78, 5) is 15.0. The Balaban J connectivity index is 2.22. The summed E-state index contributed by atoms with van der Waals surface area (Å²) in [5.41, 5.74) is 0.